The van der Waals surface area contributed by atoms with Crippen LogP contribution in [0.4, 0.5) is 5.69 Å². The van der Waals surface area contributed by atoms with Crippen molar-refractivity contribution in [1.29, 1.82) is 0 Å². The summed E-state index contributed by atoms with van der Waals surface area (Å²) in [6.07, 6.45) is 7.76. The Morgan fingerprint density at radius 1 is 1.20 bits per heavy atom. The molecule has 0 spiro atoms. The molecule has 2 aromatic heterocycles. The Balaban J connectivity index is 1.44. The number of piperidine rings is 1. The third-order valence-electron chi connectivity index (χ3n) is 4.81. The Morgan fingerprint density at radius 2 is 2.08 bits per heavy atom. The average molecular weight is 334 g/mol. The number of rotatable bonds is 4. The van der Waals surface area contributed by atoms with E-state index in [0.717, 1.165) is 36.1 Å². The standard InChI is InChI=1S/C20H22N4O/c25-20-19-4-3-17(12-16(19)7-10-22-20)23-18-2-1-11-24(14-18)13-15-5-8-21-9-6-15/h3-10,12,18,23H,1-2,11,13-14H2,(H,22,25)/t18-/m1/s1. The Labute approximate surface area is 146 Å². The number of hydrogen-bond donors (Lipinski definition) is 2. The van der Waals surface area contributed by atoms with Gasteiger partial charge in [-0.2, -0.15) is 0 Å². The first-order valence-corrected chi connectivity index (χ1v) is 8.77. The van der Waals surface area contributed by atoms with Gasteiger partial charge in [-0.3, -0.25) is 14.7 Å². The molecule has 1 aromatic carbocycles. The largest absolute Gasteiger partial charge is 0.381 e. The minimum absolute atomic E-state index is 0.0368. The van der Waals surface area contributed by atoms with E-state index in [1.165, 1.54) is 18.4 Å². The molecule has 0 amide bonds. The van der Waals surface area contributed by atoms with Crippen LogP contribution >= 0.6 is 0 Å². The molecule has 5 nitrogen and oxygen atoms in total. The smallest absolute Gasteiger partial charge is 0.255 e. The number of fused-ring (bicyclic) bond motifs is 1. The van der Waals surface area contributed by atoms with E-state index in [9.17, 15) is 4.79 Å². The van der Waals surface area contributed by atoms with Crippen molar-refractivity contribution < 1.29 is 0 Å². The number of likely N-dealkylation sites (tertiary alicyclic amines) is 1. The van der Waals surface area contributed by atoms with Gasteiger partial charge in [0.1, 0.15) is 0 Å². The van der Waals surface area contributed by atoms with Crippen LogP contribution in [0.1, 0.15) is 18.4 Å². The highest BCUT2D eigenvalue weighted by Gasteiger charge is 2.19. The zero-order valence-electron chi connectivity index (χ0n) is 14.1. The number of nitrogens with zero attached hydrogens (tertiary/aromatic N) is 2. The maximum absolute atomic E-state index is 11.8. The molecule has 1 aliphatic rings. The first-order valence-electron chi connectivity index (χ1n) is 8.77. The lowest BCUT2D eigenvalue weighted by atomic mass is 10.0. The molecule has 1 atom stereocenters. The van der Waals surface area contributed by atoms with Gasteiger partial charge in [0.25, 0.3) is 5.56 Å². The molecule has 25 heavy (non-hydrogen) atoms. The minimum atomic E-state index is -0.0368. The molecule has 1 fully saturated rings. The zero-order valence-corrected chi connectivity index (χ0v) is 14.1. The summed E-state index contributed by atoms with van der Waals surface area (Å²) >= 11 is 0. The van der Waals surface area contributed by atoms with E-state index in [1.54, 1.807) is 6.20 Å². The number of nitrogens with one attached hydrogen (secondary N) is 2. The quantitative estimate of drug-likeness (QED) is 0.770. The molecule has 0 unspecified atom stereocenters. The van der Waals surface area contributed by atoms with Crippen molar-refractivity contribution in [3.8, 4) is 0 Å². The molecule has 0 saturated carbocycles. The van der Waals surface area contributed by atoms with Gasteiger partial charge in [-0.1, -0.05) is 0 Å². The second kappa shape index (κ2) is 7.07. The van der Waals surface area contributed by atoms with Gasteiger partial charge in [0.2, 0.25) is 0 Å². The summed E-state index contributed by atoms with van der Waals surface area (Å²) in [7, 11) is 0. The fourth-order valence-electron chi connectivity index (χ4n) is 3.58. The normalized spacial score (nSPS) is 18.3. The Kier molecular flexibility index (Phi) is 4.48. The molecular weight excluding hydrogens is 312 g/mol. The van der Waals surface area contributed by atoms with Crippen LogP contribution in [0.15, 0.2) is 59.8 Å². The number of aromatic amines is 1. The molecule has 3 aromatic rings. The van der Waals surface area contributed by atoms with Crippen molar-refractivity contribution in [2.45, 2.75) is 25.4 Å². The van der Waals surface area contributed by atoms with Crippen molar-refractivity contribution in [3.63, 3.8) is 0 Å². The number of aromatic nitrogens is 2. The van der Waals surface area contributed by atoms with Gasteiger partial charge in [0.05, 0.1) is 0 Å². The molecule has 5 heteroatoms. The first kappa shape index (κ1) is 15.8. The van der Waals surface area contributed by atoms with Crippen LogP contribution in [0.25, 0.3) is 10.8 Å². The predicted octanol–water partition coefficient (Wildman–Crippen LogP) is 3.00. The third-order valence-corrected chi connectivity index (χ3v) is 4.81. The molecule has 128 valence electrons. The molecule has 0 radical (unpaired) electrons. The highest BCUT2D eigenvalue weighted by molar-refractivity contribution is 5.84. The van der Waals surface area contributed by atoms with Crippen molar-refractivity contribution in [2.24, 2.45) is 0 Å². The van der Waals surface area contributed by atoms with E-state index in [0.29, 0.717) is 6.04 Å². The van der Waals surface area contributed by atoms with Crippen LogP contribution in [0.5, 0.6) is 0 Å². The van der Waals surface area contributed by atoms with Crippen LogP contribution in [0.2, 0.25) is 0 Å². The predicted molar refractivity (Wildman–Crippen MR) is 101 cm³/mol. The van der Waals surface area contributed by atoms with Crippen molar-refractivity contribution >= 4 is 16.5 Å². The topological polar surface area (TPSA) is 61.0 Å². The van der Waals surface area contributed by atoms with Crippen LogP contribution in [-0.4, -0.2) is 34.0 Å². The molecular formula is C20H22N4O. The highest BCUT2D eigenvalue weighted by atomic mass is 16.1. The van der Waals surface area contributed by atoms with Gasteiger partial charge in [0.15, 0.2) is 0 Å². The SMILES string of the molecule is O=c1[nH]ccc2cc(N[C@@H]3CCCN(Cc4ccncc4)C3)ccc12. The van der Waals surface area contributed by atoms with Crippen LogP contribution in [0.3, 0.4) is 0 Å². The lowest BCUT2D eigenvalue weighted by molar-refractivity contribution is 0.208. The van der Waals surface area contributed by atoms with E-state index < -0.39 is 0 Å². The molecule has 0 bridgehead atoms. The lowest BCUT2D eigenvalue weighted by Gasteiger charge is -2.33. The molecule has 4 rings (SSSR count). The third kappa shape index (κ3) is 3.72. The van der Waals surface area contributed by atoms with Crippen LogP contribution < -0.4 is 10.9 Å². The lowest BCUT2D eigenvalue weighted by Crippen LogP contribution is -2.41. The van der Waals surface area contributed by atoms with Gasteiger partial charge in [0, 0.05) is 48.8 Å². The fourth-order valence-corrected chi connectivity index (χ4v) is 3.58. The summed E-state index contributed by atoms with van der Waals surface area (Å²) in [5.41, 5.74) is 2.35. The fraction of sp³-hybridized carbons (Fsp3) is 0.300. The Bertz CT molecular complexity index is 906. The van der Waals surface area contributed by atoms with Gasteiger partial charge < -0.3 is 10.3 Å². The summed E-state index contributed by atoms with van der Waals surface area (Å²) < 4.78 is 0. The summed E-state index contributed by atoms with van der Waals surface area (Å²) in [6.45, 7) is 3.12. The van der Waals surface area contributed by atoms with E-state index >= 15 is 0 Å². The van der Waals surface area contributed by atoms with Gasteiger partial charge >= 0.3 is 0 Å². The first-order chi connectivity index (χ1) is 12.3. The molecule has 3 heterocycles. The van der Waals surface area contributed by atoms with E-state index in [2.05, 4.69) is 38.4 Å². The van der Waals surface area contributed by atoms with Gasteiger partial charge in [-0.25, -0.2) is 0 Å². The molecule has 1 aliphatic heterocycles. The highest BCUT2D eigenvalue weighted by Crippen LogP contribution is 2.20. The number of anilines is 1. The van der Waals surface area contributed by atoms with E-state index in [4.69, 9.17) is 0 Å². The number of benzene rings is 1. The summed E-state index contributed by atoms with van der Waals surface area (Å²) in [5.74, 6) is 0. The zero-order chi connectivity index (χ0) is 17.1. The number of pyridine rings is 2. The summed E-state index contributed by atoms with van der Waals surface area (Å²) in [5, 5.41) is 5.34. The van der Waals surface area contributed by atoms with E-state index in [1.807, 2.05) is 30.6 Å². The van der Waals surface area contributed by atoms with Gasteiger partial charge in [-0.15, -0.1) is 0 Å². The van der Waals surface area contributed by atoms with Gasteiger partial charge in [-0.05, 0) is 66.7 Å². The van der Waals surface area contributed by atoms with Crippen LogP contribution in [-0.2, 0) is 6.54 Å². The Hall–Kier alpha value is -2.66. The monoisotopic (exact) mass is 334 g/mol. The van der Waals surface area contributed by atoms with Crippen LogP contribution in [0, 0.1) is 0 Å². The minimum Gasteiger partial charge on any atom is -0.381 e. The number of hydrogen-bond acceptors (Lipinski definition) is 4. The van der Waals surface area contributed by atoms with Crippen molar-refractivity contribution in [1.82, 2.24) is 14.9 Å². The van der Waals surface area contributed by atoms with Crippen molar-refractivity contribution in [2.75, 3.05) is 18.4 Å². The number of H-pyrrole nitrogens is 1. The maximum atomic E-state index is 11.8. The second-order valence-electron chi connectivity index (χ2n) is 6.68. The van der Waals surface area contributed by atoms with E-state index in [-0.39, 0.29) is 5.56 Å². The maximum Gasteiger partial charge on any atom is 0.255 e. The average Bonchev–Trinajstić information content (AvgIpc) is 2.63. The second-order valence-corrected chi connectivity index (χ2v) is 6.68. The molecule has 0 aliphatic carbocycles. The molecule has 1 saturated heterocycles. The van der Waals surface area contributed by atoms with Crippen molar-refractivity contribution in [3.05, 3.63) is 70.9 Å². The molecule has 2 N–H and O–H groups in total. The Morgan fingerprint density at radius 3 is 2.96 bits per heavy atom. The summed E-state index contributed by atoms with van der Waals surface area (Å²) in [4.78, 5) is 21.1. The summed E-state index contributed by atoms with van der Waals surface area (Å²) in [6, 6.07) is 12.5.